The Labute approximate surface area is 130 Å². The van der Waals surface area contributed by atoms with Crippen molar-refractivity contribution in [2.75, 3.05) is 31.7 Å². The molecule has 0 spiro atoms. The molecule has 1 heterocycles. The summed E-state index contributed by atoms with van der Waals surface area (Å²) in [7, 11) is 1.71. The van der Waals surface area contributed by atoms with Crippen LogP contribution in [-0.2, 0) is 11.3 Å². The summed E-state index contributed by atoms with van der Waals surface area (Å²) >= 11 is 3.49. The van der Waals surface area contributed by atoms with E-state index in [1.807, 2.05) is 12.3 Å². The van der Waals surface area contributed by atoms with Crippen LogP contribution in [0.25, 0.3) is 0 Å². The number of rotatable bonds is 9. The molecule has 0 aliphatic heterocycles. The van der Waals surface area contributed by atoms with Crippen LogP contribution in [0.5, 0.6) is 0 Å². The van der Waals surface area contributed by atoms with Crippen molar-refractivity contribution in [3.63, 3.8) is 0 Å². The Morgan fingerprint density at radius 1 is 1.55 bits per heavy atom. The first-order valence-electron chi connectivity index (χ1n) is 6.81. The fraction of sp³-hybridized carbons (Fsp3) is 0.533. The topological polar surface area (TPSA) is 37.4 Å². The molecule has 0 fully saturated rings. The van der Waals surface area contributed by atoms with Crippen molar-refractivity contribution in [3.8, 4) is 0 Å². The molecule has 0 aliphatic rings. The number of pyridine rings is 1. The molecule has 0 amide bonds. The fourth-order valence-corrected chi connectivity index (χ4v) is 2.22. The van der Waals surface area contributed by atoms with Crippen LogP contribution in [0.1, 0.15) is 19.4 Å². The molecule has 112 valence electrons. The SMILES string of the molecule is C=CCN(CCOC)c1ncc(Br)cc1CNC(C)C. The zero-order chi connectivity index (χ0) is 15.0. The number of hydrogen-bond acceptors (Lipinski definition) is 4. The second-order valence-electron chi connectivity index (χ2n) is 4.90. The monoisotopic (exact) mass is 341 g/mol. The first kappa shape index (κ1) is 17.1. The van der Waals surface area contributed by atoms with Gasteiger partial charge in [-0.1, -0.05) is 19.9 Å². The molecule has 0 unspecified atom stereocenters. The summed E-state index contributed by atoms with van der Waals surface area (Å²) < 4.78 is 6.17. The van der Waals surface area contributed by atoms with Crippen LogP contribution in [0.2, 0.25) is 0 Å². The summed E-state index contributed by atoms with van der Waals surface area (Å²) in [6.45, 7) is 11.1. The normalized spacial score (nSPS) is 10.8. The Bertz CT molecular complexity index is 424. The van der Waals surface area contributed by atoms with E-state index in [1.165, 1.54) is 5.56 Å². The van der Waals surface area contributed by atoms with E-state index in [1.54, 1.807) is 7.11 Å². The predicted octanol–water partition coefficient (Wildman–Crippen LogP) is 2.98. The smallest absolute Gasteiger partial charge is 0.133 e. The van der Waals surface area contributed by atoms with Crippen molar-refractivity contribution in [1.82, 2.24) is 10.3 Å². The van der Waals surface area contributed by atoms with Gasteiger partial charge in [-0.25, -0.2) is 4.98 Å². The van der Waals surface area contributed by atoms with Crippen molar-refractivity contribution >= 4 is 21.7 Å². The van der Waals surface area contributed by atoms with E-state index < -0.39 is 0 Å². The van der Waals surface area contributed by atoms with Crippen molar-refractivity contribution < 1.29 is 4.74 Å². The molecule has 0 aromatic carbocycles. The Morgan fingerprint density at radius 3 is 2.90 bits per heavy atom. The number of hydrogen-bond donors (Lipinski definition) is 1. The van der Waals surface area contributed by atoms with Gasteiger partial charge in [-0.05, 0) is 22.0 Å². The molecule has 0 aliphatic carbocycles. The summed E-state index contributed by atoms with van der Waals surface area (Å²) in [5.41, 5.74) is 1.17. The minimum absolute atomic E-state index is 0.439. The summed E-state index contributed by atoms with van der Waals surface area (Å²) in [5, 5.41) is 3.44. The summed E-state index contributed by atoms with van der Waals surface area (Å²) in [4.78, 5) is 6.74. The number of halogens is 1. The van der Waals surface area contributed by atoms with Gasteiger partial charge in [0.05, 0.1) is 6.61 Å². The van der Waals surface area contributed by atoms with E-state index in [-0.39, 0.29) is 0 Å². The van der Waals surface area contributed by atoms with E-state index in [4.69, 9.17) is 4.74 Å². The summed E-state index contributed by atoms with van der Waals surface area (Å²) in [6, 6.07) is 2.55. The average Bonchev–Trinajstić information content (AvgIpc) is 2.41. The molecule has 1 N–H and O–H groups in total. The van der Waals surface area contributed by atoms with Crippen LogP contribution in [0.15, 0.2) is 29.4 Å². The Kier molecular flexibility index (Phi) is 7.80. The maximum atomic E-state index is 5.17. The fourth-order valence-electron chi connectivity index (χ4n) is 1.84. The van der Waals surface area contributed by atoms with Crippen molar-refractivity contribution in [2.24, 2.45) is 0 Å². The van der Waals surface area contributed by atoms with Crippen molar-refractivity contribution in [2.45, 2.75) is 26.4 Å². The van der Waals surface area contributed by atoms with Crippen LogP contribution in [0.4, 0.5) is 5.82 Å². The quantitative estimate of drug-likeness (QED) is 0.700. The van der Waals surface area contributed by atoms with E-state index in [0.29, 0.717) is 12.6 Å². The van der Waals surface area contributed by atoms with Gasteiger partial charge in [0.2, 0.25) is 0 Å². The van der Waals surface area contributed by atoms with Crippen LogP contribution in [-0.4, -0.2) is 37.8 Å². The number of nitrogens with zero attached hydrogens (tertiary/aromatic N) is 2. The van der Waals surface area contributed by atoms with Crippen LogP contribution >= 0.6 is 15.9 Å². The highest BCUT2D eigenvalue weighted by atomic mass is 79.9. The van der Waals surface area contributed by atoms with Gasteiger partial charge in [0, 0.05) is 49.0 Å². The van der Waals surface area contributed by atoms with E-state index in [0.717, 1.165) is 29.9 Å². The van der Waals surface area contributed by atoms with Gasteiger partial charge in [0.1, 0.15) is 5.82 Å². The van der Waals surface area contributed by atoms with Crippen LogP contribution in [0.3, 0.4) is 0 Å². The van der Waals surface area contributed by atoms with Gasteiger partial charge < -0.3 is 15.0 Å². The van der Waals surface area contributed by atoms with Gasteiger partial charge in [0.15, 0.2) is 0 Å². The largest absolute Gasteiger partial charge is 0.383 e. The standard InChI is InChI=1S/C15H24BrN3O/c1-5-6-19(7-8-20-4)15-13(10-17-12(2)3)9-14(16)11-18-15/h5,9,11-12,17H,1,6-8,10H2,2-4H3. The van der Waals surface area contributed by atoms with Crippen LogP contribution < -0.4 is 10.2 Å². The molecule has 5 heteroatoms. The van der Waals surface area contributed by atoms with Gasteiger partial charge >= 0.3 is 0 Å². The lowest BCUT2D eigenvalue weighted by Crippen LogP contribution is -2.30. The van der Waals surface area contributed by atoms with Gasteiger partial charge in [-0.15, -0.1) is 6.58 Å². The van der Waals surface area contributed by atoms with Crippen molar-refractivity contribution in [3.05, 3.63) is 35.0 Å². The van der Waals surface area contributed by atoms with Gasteiger partial charge in [0.25, 0.3) is 0 Å². The molecule has 0 atom stereocenters. The minimum Gasteiger partial charge on any atom is -0.383 e. The van der Waals surface area contributed by atoms with E-state index in [2.05, 4.69) is 57.6 Å². The molecule has 20 heavy (non-hydrogen) atoms. The maximum Gasteiger partial charge on any atom is 0.133 e. The lowest BCUT2D eigenvalue weighted by molar-refractivity contribution is 0.205. The Balaban J connectivity index is 2.95. The lowest BCUT2D eigenvalue weighted by atomic mass is 10.2. The Hall–Kier alpha value is -0.910. The third-order valence-electron chi connectivity index (χ3n) is 2.82. The molecule has 0 bridgehead atoms. The lowest BCUT2D eigenvalue weighted by Gasteiger charge is -2.25. The zero-order valence-electron chi connectivity index (χ0n) is 12.5. The number of nitrogens with one attached hydrogen (secondary N) is 1. The van der Waals surface area contributed by atoms with E-state index in [9.17, 15) is 0 Å². The molecular weight excluding hydrogens is 318 g/mol. The molecule has 0 radical (unpaired) electrons. The highest BCUT2D eigenvalue weighted by Gasteiger charge is 2.12. The Morgan fingerprint density at radius 2 is 2.30 bits per heavy atom. The third-order valence-corrected chi connectivity index (χ3v) is 3.26. The third kappa shape index (κ3) is 5.61. The number of methoxy groups -OCH3 is 1. The van der Waals surface area contributed by atoms with Gasteiger partial charge in [-0.3, -0.25) is 0 Å². The number of anilines is 1. The predicted molar refractivity (Wildman–Crippen MR) is 88.2 cm³/mol. The van der Waals surface area contributed by atoms with Crippen molar-refractivity contribution in [1.29, 1.82) is 0 Å². The first-order valence-corrected chi connectivity index (χ1v) is 7.60. The second kappa shape index (κ2) is 9.10. The molecule has 1 aromatic rings. The minimum atomic E-state index is 0.439. The van der Waals surface area contributed by atoms with Gasteiger partial charge in [-0.2, -0.15) is 0 Å². The second-order valence-corrected chi connectivity index (χ2v) is 5.82. The highest BCUT2D eigenvalue weighted by Crippen LogP contribution is 2.21. The number of ether oxygens (including phenoxy) is 1. The highest BCUT2D eigenvalue weighted by molar-refractivity contribution is 9.10. The van der Waals surface area contributed by atoms with E-state index >= 15 is 0 Å². The molecule has 0 saturated heterocycles. The molecule has 0 saturated carbocycles. The van der Waals surface area contributed by atoms with Crippen LogP contribution in [0, 0.1) is 0 Å². The molecular formula is C15H24BrN3O. The maximum absolute atomic E-state index is 5.17. The molecule has 1 rings (SSSR count). The summed E-state index contributed by atoms with van der Waals surface area (Å²) in [6.07, 6.45) is 3.72. The molecule has 4 nitrogen and oxygen atoms in total. The number of aromatic nitrogens is 1. The molecule has 1 aromatic heterocycles. The average molecular weight is 342 g/mol. The summed E-state index contributed by atoms with van der Waals surface area (Å²) in [5.74, 6) is 0.985. The first-order chi connectivity index (χ1) is 9.58. The zero-order valence-corrected chi connectivity index (χ0v) is 14.1.